The Balaban J connectivity index is 2.16. The molecule has 1 aromatic heterocycles. The average Bonchev–Trinajstić information content (AvgIpc) is 2.62. The molecule has 1 unspecified atom stereocenters. The third-order valence-corrected chi connectivity index (χ3v) is 4.08. The van der Waals surface area contributed by atoms with Gasteiger partial charge in [0, 0.05) is 16.7 Å². The smallest absolute Gasteiger partial charge is 0.328 e. The predicted molar refractivity (Wildman–Crippen MR) is 102 cm³/mol. The number of carbonyl (C=O) groups excluding carboxylic acids is 2. The van der Waals surface area contributed by atoms with Crippen LogP contribution in [0.2, 0.25) is 5.02 Å². The number of nitrogens with zero attached hydrogens (tertiary/aromatic N) is 2. The van der Waals surface area contributed by atoms with E-state index in [1.54, 1.807) is 30.3 Å². The molecule has 1 heterocycles. The lowest BCUT2D eigenvalue weighted by Gasteiger charge is -2.18. The van der Waals surface area contributed by atoms with Crippen molar-refractivity contribution in [2.75, 3.05) is 7.11 Å². The molecule has 0 fully saturated rings. The zero-order valence-electron chi connectivity index (χ0n) is 15.4. The summed E-state index contributed by atoms with van der Waals surface area (Å²) in [6, 6.07) is 9.13. The minimum Gasteiger partial charge on any atom is -0.467 e. The van der Waals surface area contributed by atoms with Crippen molar-refractivity contribution in [2.24, 2.45) is 5.92 Å². The van der Waals surface area contributed by atoms with E-state index in [2.05, 4.69) is 10.4 Å². The van der Waals surface area contributed by atoms with Gasteiger partial charge in [-0.2, -0.15) is 5.10 Å². The minimum absolute atomic E-state index is 0.184. The van der Waals surface area contributed by atoms with E-state index in [9.17, 15) is 14.4 Å². The number of hydrogen-bond donors (Lipinski definition) is 1. The zero-order chi connectivity index (χ0) is 20.0. The molecule has 0 saturated carbocycles. The Morgan fingerprint density at radius 3 is 2.44 bits per heavy atom. The van der Waals surface area contributed by atoms with Gasteiger partial charge in [0.2, 0.25) is 5.91 Å². The predicted octanol–water partition coefficient (Wildman–Crippen LogP) is 2.27. The number of hydrogen-bond acceptors (Lipinski definition) is 5. The van der Waals surface area contributed by atoms with E-state index in [-0.39, 0.29) is 12.5 Å². The number of halogens is 1. The van der Waals surface area contributed by atoms with Crippen LogP contribution in [0.5, 0.6) is 0 Å². The topological polar surface area (TPSA) is 90.3 Å². The molecule has 0 bridgehead atoms. The van der Waals surface area contributed by atoms with Crippen molar-refractivity contribution >= 4 is 23.5 Å². The first-order valence-electron chi connectivity index (χ1n) is 8.51. The number of ether oxygens (including phenoxy) is 1. The normalized spacial score (nSPS) is 11.9. The molecule has 144 valence electrons. The van der Waals surface area contributed by atoms with Crippen LogP contribution in [0, 0.1) is 5.92 Å². The van der Waals surface area contributed by atoms with Gasteiger partial charge >= 0.3 is 5.97 Å². The van der Waals surface area contributed by atoms with Gasteiger partial charge < -0.3 is 10.1 Å². The highest BCUT2D eigenvalue weighted by molar-refractivity contribution is 6.30. The molecule has 0 aliphatic rings. The summed E-state index contributed by atoms with van der Waals surface area (Å²) in [5.41, 5.74) is 0.882. The van der Waals surface area contributed by atoms with Crippen molar-refractivity contribution in [3.8, 4) is 11.3 Å². The van der Waals surface area contributed by atoms with Crippen molar-refractivity contribution in [1.82, 2.24) is 15.1 Å². The fraction of sp³-hybridized carbons (Fsp3) is 0.368. The van der Waals surface area contributed by atoms with E-state index in [4.69, 9.17) is 16.3 Å². The van der Waals surface area contributed by atoms with E-state index in [1.165, 1.54) is 13.2 Å². The van der Waals surface area contributed by atoms with E-state index in [0.717, 1.165) is 10.2 Å². The van der Waals surface area contributed by atoms with Crippen molar-refractivity contribution in [2.45, 2.75) is 32.9 Å². The van der Waals surface area contributed by atoms with Crippen molar-refractivity contribution in [1.29, 1.82) is 0 Å². The first kappa shape index (κ1) is 20.6. The second kappa shape index (κ2) is 9.32. The highest BCUT2D eigenvalue weighted by Crippen LogP contribution is 2.18. The van der Waals surface area contributed by atoms with E-state index < -0.39 is 23.5 Å². The Labute approximate surface area is 162 Å². The van der Waals surface area contributed by atoms with Gasteiger partial charge in [-0.1, -0.05) is 37.6 Å². The second-order valence-corrected chi connectivity index (χ2v) is 6.93. The molecule has 0 saturated heterocycles. The number of esters is 1. The third-order valence-electron chi connectivity index (χ3n) is 3.83. The summed E-state index contributed by atoms with van der Waals surface area (Å²) in [5, 5.41) is 7.43. The first-order valence-corrected chi connectivity index (χ1v) is 8.89. The molecular weight excluding hydrogens is 370 g/mol. The number of carbonyl (C=O) groups is 2. The number of rotatable bonds is 7. The van der Waals surface area contributed by atoms with Gasteiger partial charge in [0.05, 0.1) is 12.8 Å². The summed E-state index contributed by atoms with van der Waals surface area (Å²) in [6.45, 7) is 3.57. The highest BCUT2D eigenvalue weighted by atomic mass is 35.5. The van der Waals surface area contributed by atoms with Crippen LogP contribution >= 0.6 is 11.6 Å². The highest BCUT2D eigenvalue weighted by Gasteiger charge is 2.23. The Bertz CT molecular complexity index is 862. The van der Waals surface area contributed by atoms with Crippen LogP contribution in [0.4, 0.5) is 0 Å². The Kier molecular flexibility index (Phi) is 7.12. The van der Waals surface area contributed by atoms with Gasteiger partial charge in [-0.05, 0) is 30.5 Å². The van der Waals surface area contributed by atoms with E-state index in [1.807, 2.05) is 13.8 Å². The standard InChI is InChI=1S/C19H22ClN3O4/c1-12(2)10-16(19(26)27-3)21-17(24)11-23-18(25)9-8-15(22-23)13-4-6-14(20)7-5-13/h4-9,12,16H,10-11H2,1-3H3,(H,21,24). The molecule has 0 spiro atoms. The molecule has 1 amide bonds. The van der Waals surface area contributed by atoms with E-state index in [0.29, 0.717) is 17.1 Å². The fourth-order valence-corrected chi connectivity index (χ4v) is 2.67. The Morgan fingerprint density at radius 2 is 1.85 bits per heavy atom. The van der Waals surface area contributed by atoms with Crippen molar-refractivity contribution < 1.29 is 14.3 Å². The quantitative estimate of drug-likeness (QED) is 0.731. The fourth-order valence-electron chi connectivity index (χ4n) is 2.54. The summed E-state index contributed by atoms with van der Waals surface area (Å²) in [7, 11) is 1.27. The minimum atomic E-state index is -0.766. The summed E-state index contributed by atoms with van der Waals surface area (Å²) in [6.07, 6.45) is 0.436. The van der Waals surface area contributed by atoms with Crippen LogP contribution in [-0.4, -0.2) is 34.8 Å². The third kappa shape index (κ3) is 5.92. The molecule has 2 rings (SSSR count). The molecule has 1 N–H and O–H groups in total. The van der Waals surface area contributed by atoms with Crippen molar-refractivity contribution in [3.63, 3.8) is 0 Å². The summed E-state index contributed by atoms with van der Waals surface area (Å²) in [4.78, 5) is 36.2. The SMILES string of the molecule is COC(=O)C(CC(C)C)NC(=O)Cn1nc(-c2ccc(Cl)cc2)ccc1=O. The molecule has 7 nitrogen and oxygen atoms in total. The molecule has 1 aromatic carbocycles. The lowest BCUT2D eigenvalue weighted by molar-refractivity contribution is -0.145. The zero-order valence-corrected chi connectivity index (χ0v) is 16.2. The summed E-state index contributed by atoms with van der Waals surface area (Å²) >= 11 is 5.88. The molecule has 0 aliphatic carbocycles. The number of aromatic nitrogens is 2. The largest absolute Gasteiger partial charge is 0.467 e. The summed E-state index contributed by atoms with van der Waals surface area (Å²) in [5.74, 6) is -0.829. The van der Waals surface area contributed by atoms with E-state index >= 15 is 0 Å². The summed E-state index contributed by atoms with van der Waals surface area (Å²) < 4.78 is 5.78. The number of nitrogens with one attached hydrogen (secondary N) is 1. The van der Waals surface area contributed by atoms with Gasteiger partial charge in [-0.3, -0.25) is 9.59 Å². The van der Waals surface area contributed by atoms with Gasteiger partial charge in [0.25, 0.3) is 5.56 Å². The maximum Gasteiger partial charge on any atom is 0.328 e. The van der Waals surface area contributed by atoms with Crippen LogP contribution < -0.4 is 10.9 Å². The maximum atomic E-state index is 12.3. The maximum absolute atomic E-state index is 12.3. The number of amides is 1. The van der Waals surface area contributed by atoms with Crippen LogP contribution in [0.15, 0.2) is 41.2 Å². The molecule has 0 aliphatic heterocycles. The monoisotopic (exact) mass is 391 g/mol. The molecule has 1 atom stereocenters. The average molecular weight is 392 g/mol. The van der Waals surface area contributed by atoms with Crippen LogP contribution in [-0.2, 0) is 20.9 Å². The molecule has 8 heteroatoms. The molecule has 27 heavy (non-hydrogen) atoms. The van der Waals surface area contributed by atoms with Gasteiger partial charge in [-0.15, -0.1) is 0 Å². The molecular formula is C19H22ClN3O4. The Hall–Kier alpha value is -2.67. The number of methoxy groups -OCH3 is 1. The lowest BCUT2D eigenvalue weighted by atomic mass is 10.0. The van der Waals surface area contributed by atoms with Crippen LogP contribution in [0.1, 0.15) is 20.3 Å². The van der Waals surface area contributed by atoms with Crippen molar-refractivity contribution in [3.05, 3.63) is 51.8 Å². The second-order valence-electron chi connectivity index (χ2n) is 6.49. The first-order chi connectivity index (χ1) is 12.8. The lowest BCUT2D eigenvalue weighted by Crippen LogP contribution is -2.44. The van der Waals surface area contributed by atoms with Gasteiger partial charge in [0.15, 0.2) is 0 Å². The Morgan fingerprint density at radius 1 is 1.19 bits per heavy atom. The number of benzene rings is 1. The van der Waals surface area contributed by atoms with Gasteiger partial charge in [-0.25, -0.2) is 9.48 Å². The molecule has 0 radical (unpaired) electrons. The van der Waals surface area contributed by atoms with Gasteiger partial charge in [0.1, 0.15) is 12.6 Å². The van der Waals surface area contributed by atoms with Crippen LogP contribution in [0.3, 0.4) is 0 Å². The molecule has 2 aromatic rings. The van der Waals surface area contributed by atoms with Crippen LogP contribution in [0.25, 0.3) is 11.3 Å².